The molecule has 0 spiro atoms. The maximum Gasteiger partial charge on any atom is 0.408 e. The molecule has 9 heteroatoms. The van der Waals surface area contributed by atoms with Crippen LogP contribution in [0.3, 0.4) is 0 Å². The summed E-state index contributed by atoms with van der Waals surface area (Å²) in [6.45, 7) is 11.6. The molecule has 1 fully saturated rings. The van der Waals surface area contributed by atoms with Crippen molar-refractivity contribution in [3.05, 3.63) is 0 Å². The van der Waals surface area contributed by atoms with Crippen LogP contribution in [0.1, 0.15) is 67.2 Å². The molecular formula is C20H36N4O5. The molecule has 1 saturated heterocycles. The second-order valence-electron chi connectivity index (χ2n) is 9.79. The topological polar surface area (TPSA) is 140 Å². The summed E-state index contributed by atoms with van der Waals surface area (Å²) < 4.78 is 5.25. The van der Waals surface area contributed by atoms with Gasteiger partial charge in [0.15, 0.2) is 0 Å². The lowest BCUT2D eigenvalue weighted by molar-refractivity contribution is -0.131. The van der Waals surface area contributed by atoms with Crippen LogP contribution in [0.25, 0.3) is 0 Å². The molecule has 5 N–H and O–H groups in total. The van der Waals surface area contributed by atoms with E-state index in [1.165, 1.54) is 0 Å². The van der Waals surface area contributed by atoms with E-state index in [0.29, 0.717) is 19.4 Å². The minimum absolute atomic E-state index is 0.127. The van der Waals surface area contributed by atoms with Crippen LogP contribution in [0.15, 0.2) is 0 Å². The van der Waals surface area contributed by atoms with Gasteiger partial charge in [0.05, 0.1) is 0 Å². The summed E-state index contributed by atoms with van der Waals surface area (Å²) in [5, 5.41) is 7.95. The number of piperidine rings is 1. The first-order valence-electron chi connectivity index (χ1n) is 10.0. The van der Waals surface area contributed by atoms with Crippen LogP contribution in [-0.2, 0) is 19.1 Å². The Labute approximate surface area is 172 Å². The third kappa shape index (κ3) is 9.62. The van der Waals surface area contributed by atoms with Gasteiger partial charge >= 0.3 is 6.09 Å². The van der Waals surface area contributed by atoms with E-state index in [4.69, 9.17) is 10.5 Å². The van der Waals surface area contributed by atoms with Gasteiger partial charge in [0.2, 0.25) is 17.7 Å². The van der Waals surface area contributed by atoms with E-state index >= 15 is 0 Å². The van der Waals surface area contributed by atoms with E-state index in [-0.39, 0.29) is 23.7 Å². The molecule has 1 aliphatic heterocycles. The zero-order valence-corrected chi connectivity index (χ0v) is 18.4. The molecule has 0 aromatic carbocycles. The minimum Gasteiger partial charge on any atom is -0.444 e. The monoisotopic (exact) mass is 412 g/mol. The van der Waals surface area contributed by atoms with Crippen molar-refractivity contribution in [2.24, 2.45) is 17.1 Å². The largest absolute Gasteiger partial charge is 0.444 e. The molecule has 0 saturated carbocycles. The van der Waals surface area contributed by atoms with Gasteiger partial charge in [0, 0.05) is 12.5 Å². The van der Waals surface area contributed by atoms with Crippen LogP contribution < -0.4 is 21.7 Å². The highest BCUT2D eigenvalue weighted by molar-refractivity contribution is 5.91. The third-order valence-electron chi connectivity index (χ3n) is 4.40. The molecule has 0 aromatic rings. The molecule has 29 heavy (non-hydrogen) atoms. The molecular weight excluding hydrogens is 376 g/mol. The quantitative estimate of drug-likeness (QED) is 0.497. The molecule has 1 heterocycles. The van der Waals surface area contributed by atoms with Crippen LogP contribution >= 0.6 is 0 Å². The van der Waals surface area contributed by atoms with E-state index in [2.05, 4.69) is 16.0 Å². The number of rotatable bonds is 7. The number of nitrogens with two attached hydrogens (primary N) is 1. The zero-order chi connectivity index (χ0) is 22.4. The number of primary amides is 1. The molecule has 1 rings (SSSR count). The highest BCUT2D eigenvalue weighted by Gasteiger charge is 2.33. The molecule has 0 aromatic heterocycles. The Bertz CT molecular complexity index is 621. The number of amides is 4. The first-order chi connectivity index (χ1) is 13.2. The Hall–Kier alpha value is -2.32. The van der Waals surface area contributed by atoms with Crippen molar-refractivity contribution < 1.29 is 23.9 Å². The fourth-order valence-electron chi connectivity index (χ4n) is 3.13. The zero-order valence-electron chi connectivity index (χ0n) is 18.4. The predicted octanol–water partition coefficient (Wildman–Crippen LogP) is 1.20. The number of carbonyl (C=O) groups is 4. The van der Waals surface area contributed by atoms with E-state index < -0.39 is 35.6 Å². The Morgan fingerprint density at radius 2 is 1.76 bits per heavy atom. The van der Waals surface area contributed by atoms with Crippen LogP contribution in [0, 0.1) is 11.3 Å². The van der Waals surface area contributed by atoms with Gasteiger partial charge in [0.1, 0.15) is 17.7 Å². The summed E-state index contributed by atoms with van der Waals surface area (Å²) in [4.78, 5) is 48.9. The molecule has 4 amide bonds. The average molecular weight is 413 g/mol. The van der Waals surface area contributed by atoms with Gasteiger partial charge in [-0.3, -0.25) is 14.4 Å². The number of hydrogen-bond donors (Lipinski definition) is 4. The number of hydrogen-bond acceptors (Lipinski definition) is 5. The van der Waals surface area contributed by atoms with Gasteiger partial charge in [-0.2, -0.15) is 0 Å². The van der Waals surface area contributed by atoms with Crippen LogP contribution in [0.4, 0.5) is 4.79 Å². The fourth-order valence-corrected chi connectivity index (χ4v) is 3.13. The number of ether oxygens (including phenoxy) is 1. The molecule has 0 radical (unpaired) electrons. The summed E-state index contributed by atoms with van der Waals surface area (Å²) >= 11 is 0. The Balaban J connectivity index is 2.87. The number of nitrogens with one attached hydrogen (secondary N) is 3. The predicted molar refractivity (Wildman–Crippen MR) is 109 cm³/mol. The van der Waals surface area contributed by atoms with Crippen LogP contribution in [0.2, 0.25) is 0 Å². The lowest BCUT2D eigenvalue weighted by atomic mass is 9.87. The van der Waals surface area contributed by atoms with Gasteiger partial charge in [-0.25, -0.2) is 4.79 Å². The average Bonchev–Trinajstić information content (AvgIpc) is 2.52. The number of alkyl carbamates (subject to hydrolysis) is 1. The maximum atomic E-state index is 12.9. The Kier molecular flexibility index (Phi) is 8.47. The van der Waals surface area contributed by atoms with Gasteiger partial charge in [0.25, 0.3) is 0 Å². The summed E-state index contributed by atoms with van der Waals surface area (Å²) in [7, 11) is 0. The highest BCUT2D eigenvalue weighted by Crippen LogP contribution is 2.22. The molecule has 0 bridgehead atoms. The van der Waals surface area contributed by atoms with Crippen molar-refractivity contribution >= 4 is 23.8 Å². The molecule has 166 valence electrons. The Morgan fingerprint density at radius 3 is 2.24 bits per heavy atom. The molecule has 3 atom stereocenters. The lowest BCUT2D eigenvalue weighted by Crippen LogP contribution is -2.55. The van der Waals surface area contributed by atoms with E-state index in [1.807, 2.05) is 20.8 Å². The summed E-state index contributed by atoms with van der Waals surface area (Å²) in [5.74, 6) is -1.79. The van der Waals surface area contributed by atoms with Gasteiger partial charge in [-0.15, -0.1) is 0 Å². The van der Waals surface area contributed by atoms with E-state index in [9.17, 15) is 19.2 Å². The van der Waals surface area contributed by atoms with Gasteiger partial charge in [-0.1, -0.05) is 20.8 Å². The Morgan fingerprint density at radius 1 is 1.14 bits per heavy atom. The summed E-state index contributed by atoms with van der Waals surface area (Å²) in [6, 6.07) is -1.91. The second kappa shape index (κ2) is 9.93. The molecule has 3 unspecified atom stereocenters. The highest BCUT2D eigenvalue weighted by atomic mass is 16.6. The normalized spacial score (nSPS) is 19.5. The smallest absolute Gasteiger partial charge is 0.408 e. The van der Waals surface area contributed by atoms with Crippen LogP contribution in [0.5, 0.6) is 0 Å². The van der Waals surface area contributed by atoms with Crippen LogP contribution in [-0.4, -0.2) is 48.0 Å². The summed E-state index contributed by atoms with van der Waals surface area (Å²) in [6.07, 6.45) is 1.18. The first-order valence-corrected chi connectivity index (χ1v) is 10.0. The lowest BCUT2D eigenvalue weighted by Gasteiger charge is -2.30. The van der Waals surface area contributed by atoms with Gasteiger partial charge < -0.3 is 26.4 Å². The summed E-state index contributed by atoms with van der Waals surface area (Å²) in [5.41, 5.74) is 4.48. The molecule has 9 nitrogen and oxygen atoms in total. The van der Waals surface area contributed by atoms with Gasteiger partial charge in [-0.05, 0) is 51.9 Å². The third-order valence-corrected chi connectivity index (χ3v) is 4.40. The minimum atomic E-state index is -1.00. The van der Waals surface area contributed by atoms with Crippen molar-refractivity contribution in [3.63, 3.8) is 0 Å². The maximum absolute atomic E-state index is 12.9. The molecule has 0 aliphatic carbocycles. The van der Waals surface area contributed by atoms with Crippen molar-refractivity contribution in [1.29, 1.82) is 0 Å². The van der Waals surface area contributed by atoms with Crippen molar-refractivity contribution in [2.75, 3.05) is 6.54 Å². The van der Waals surface area contributed by atoms with Crippen molar-refractivity contribution in [3.8, 4) is 0 Å². The second-order valence-corrected chi connectivity index (χ2v) is 9.79. The number of carbonyl (C=O) groups excluding carboxylic acids is 4. The standard InChI is InChI=1S/C20H36N4O5/c1-19(2,3)11-14(24-18(28)29-20(4,5)6)17(27)23-13(15(21)25)10-12-8-7-9-22-16(12)26/h12-14H,7-11H2,1-6H3,(H2,21,25)(H,22,26)(H,23,27)(H,24,28). The first kappa shape index (κ1) is 24.7. The SMILES string of the molecule is CC(C)(C)CC(NC(=O)OC(C)(C)C)C(=O)NC(CC1CCCNC1=O)C(N)=O. The fraction of sp³-hybridized carbons (Fsp3) is 0.800. The van der Waals surface area contributed by atoms with Crippen molar-refractivity contribution in [1.82, 2.24) is 16.0 Å². The van der Waals surface area contributed by atoms with E-state index in [0.717, 1.165) is 6.42 Å². The van der Waals surface area contributed by atoms with Crippen molar-refractivity contribution in [2.45, 2.75) is 84.9 Å². The van der Waals surface area contributed by atoms with E-state index in [1.54, 1.807) is 20.8 Å². The molecule has 1 aliphatic rings.